The smallest absolute Gasteiger partial charge is 0.0614 e. The summed E-state index contributed by atoms with van der Waals surface area (Å²) in [5, 5.41) is 13.6. The van der Waals surface area contributed by atoms with Gasteiger partial charge in [-0.05, 0) is 45.1 Å². The van der Waals surface area contributed by atoms with Crippen LogP contribution in [0.1, 0.15) is 45.4 Å². The largest absolute Gasteiger partial charge is 0.394 e. The van der Waals surface area contributed by atoms with Crippen molar-refractivity contribution in [2.45, 2.75) is 63.1 Å². The Hall–Kier alpha value is -0.160. The van der Waals surface area contributed by atoms with Crippen LogP contribution in [0.25, 0.3) is 0 Å². The SMILES string of the molecule is CCCN1CCN(C2CCC(CO)(NC3CC3)C2)CC1. The van der Waals surface area contributed by atoms with Crippen LogP contribution in [0.5, 0.6) is 0 Å². The van der Waals surface area contributed by atoms with E-state index in [2.05, 4.69) is 22.0 Å². The van der Waals surface area contributed by atoms with E-state index in [0.29, 0.717) is 18.7 Å². The molecule has 20 heavy (non-hydrogen) atoms. The highest BCUT2D eigenvalue weighted by molar-refractivity contribution is 5.03. The average molecular weight is 281 g/mol. The number of hydrogen-bond donors (Lipinski definition) is 2. The predicted molar refractivity (Wildman–Crippen MR) is 81.9 cm³/mol. The third-order valence-electron chi connectivity index (χ3n) is 5.44. The third-order valence-corrected chi connectivity index (χ3v) is 5.44. The third kappa shape index (κ3) is 3.35. The van der Waals surface area contributed by atoms with Crippen LogP contribution >= 0.6 is 0 Å². The van der Waals surface area contributed by atoms with Gasteiger partial charge in [0.2, 0.25) is 0 Å². The topological polar surface area (TPSA) is 38.7 Å². The molecular formula is C16H31N3O. The van der Waals surface area contributed by atoms with Gasteiger partial charge in [0.05, 0.1) is 6.61 Å². The molecule has 2 N–H and O–H groups in total. The average Bonchev–Trinajstić information content (AvgIpc) is 3.18. The van der Waals surface area contributed by atoms with Gasteiger partial charge in [-0.1, -0.05) is 6.92 Å². The summed E-state index contributed by atoms with van der Waals surface area (Å²) in [6, 6.07) is 1.39. The van der Waals surface area contributed by atoms with E-state index in [1.165, 1.54) is 58.4 Å². The van der Waals surface area contributed by atoms with Crippen molar-refractivity contribution in [3.05, 3.63) is 0 Å². The summed E-state index contributed by atoms with van der Waals surface area (Å²) in [6.45, 7) is 8.73. The summed E-state index contributed by atoms with van der Waals surface area (Å²) in [5.41, 5.74) is 0.0341. The molecule has 0 radical (unpaired) electrons. The minimum Gasteiger partial charge on any atom is -0.394 e. The number of hydrogen-bond acceptors (Lipinski definition) is 4. The van der Waals surface area contributed by atoms with Crippen LogP contribution < -0.4 is 5.32 Å². The summed E-state index contributed by atoms with van der Waals surface area (Å²) in [4.78, 5) is 5.27. The van der Waals surface area contributed by atoms with Gasteiger partial charge >= 0.3 is 0 Å². The molecular weight excluding hydrogens is 250 g/mol. The van der Waals surface area contributed by atoms with Gasteiger partial charge in [0.1, 0.15) is 0 Å². The number of nitrogens with zero attached hydrogens (tertiary/aromatic N) is 2. The van der Waals surface area contributed by atoms with Crippen molar-refractivity contribution in [2.75, 3.05) is 39.3 Å². The molecule has 2 unspecified atom stereocenters. The minimum atomic E-state index is 0.0341. The zero-order valence-electron chi connectivity index (χ0n) is 13.0. The van der Waals surface area contributed by atoms with E-state index in [9.17, 15) is 5.11 Å². The molecule has 0 amide bonds. The fourth-order valence-electron chi connectivity index (χ4n) is 4.06. The predicted octanol–water partition coefficient (Wildman–Crippen LogP) is 1.05. The lowest BCUT2D eigenvalue weighted by Gasteiger charge is -2.39. The van der Waals surface area contributed by atoms with E-state index >= 15 is 0 Å². The van der Waals surface area contributed by atoms with Crippen LogP contribution in [0.3, 0.4) is 0 Å². The van der Waals surface area contributed by atoms with Gasteiger partial charge in [-0.25, -0.2) is 0 Å². The van der Waals surface area contributed by atoms with Gasteiger partial charge in [-0.3, -0.25) is 4.90 Å². The van der Waals surface area contributed by atoms with Gasteiger partial charge in [0, 0.05) is 43.8 Å². The van der Waals surface area contributed by atoms with Crippen LogP contribution in [0, 0.1) is 0 Å². The van der Waals surface area contributed by atoms with E-state index in [0.717, 1.165) is 12.8 Å². The van der Waals surface area contributed by atoms with Crippen molar-refractivity contribution >= 4 is 0 Å². The summed E-state index contributed by atoms with van der Waals surface area (Å²) < 4.78 is 0. The lowest BCUT2D eigenvalue weighted by Crippen LogP contribution is -2.52. The molecule has 2 saturated carbocycles. The van der Waals surface area contributed by atoms with E-state index < -0.39 is 0 Å². The normalized spacial score (nSPS) is 36.6. The van der Waals surface area contributed by atoms with E-state index in [1.54, 1.807) is 0 Å². The highest BCUT2D eigenvalue weighted by Gasteiger charge is 2.43. The molecule has 0 aromatic carbocycles. The molecule has 0 aromatic heterocycles. The van der Waals surface area contributed by atoms with Crippen molar-refractivity contribution in [1.29, 1.82) is 0 Å². The van der Waals surface area contributed by atoms with Gasteiger partial charge in [0.25, 0.3) is 0 Å². The Bertz CT molecular complexity index is 313. The molecule has 116 valence electrons. The number of aliphatic hydroxyl groups is 1. The summed E-state index contributed by atoms with van der Waals surface area (Å²) in [7, 11) is 0. The van der Waals surface area contributed by atoms with E-state index in [4.69, 9.17) is 0 Å². The molecule has 3 rings (SSSR count). The van der Waals surface area contributed by atoms with Gasteiger partial charge in [-0.15, -0.1) is 0 Å². The Morgan fingerprint density at radius 3 is 2.50 bits per heavy atom. The second kappa shape index (κ2) is 6.30. The van der Waals surface area contributed by atoms with Gasteiger partial charge in [0.15, 0.2) is 0 Å². The number of nitrogens with one attached hydrogen (secondary N) is 1. The van der Waals surface area contributed by atoms with Crippen LogP contribution in [0.4, 0.5) is 0 Å². The zero-order chi connectivity index (χ0) is 14.0. The fourth-order valence-corrected chi connectivity index (χ4v) is 4.06. The summed E-state index contributed by atoms with van der Waals surface area (Å²) in [5.74, 6) is 0. The maximum atomic E-state index is 9.83. The number of piperazine rings is 1. The molecule has 0 bridgehead atoms. The highest BCUT2D eigenvalue weighted by Crippen LogP contribution is 2.36. The lowest BCUT2D eigenvalue weighted by atomic mass is 9.98. The second-order valence-electron chi connectivity index (χ2n) is 7.13. The van der Waals surface area contributed by atoms with E-state index in [-0.39, 0.29) is 5.54 Å². The van der Waals surface area contributed by atoms with Crippen LogP contribution in [0.15, 0.2) is 0 Å². The highest BCUT2D eigenvalue weighted by atomic mass is 16.3. The van der Waals surface area contributed by atoms with Gasteiger partial charge < -0.3 is 15.3 Å². The molecule has 4 heteroatoms. The first-order valence-corrected chi connectivity index (χ1v) is 8.60. The Morgan fingerprint density at radius 1 is 1.15 bits per heavy atom. The molecule has 1 saturated heterocycles. The standard InChI is InChI=1S/C16H31N3O/c1-2-7-18-8-10-19(11-9-18)15-5-6-16(12-15,13-20)17-14-3-4-14/h14-15,17,20H,2-13H2,1H3. The number of rotatable bonds is 6. The Balaban J connectivity index is 1.49. The monoisotopic (exact) mass is 281 g/mol. The lowest BCUT2D eigenvalue weighted by molar-refractivity contribution is 0.0880. The van der Waals surface area contributed by atoms with E-state index in [1.807, 2.05) is 0 Å². The quantitative estimate of drug-likeness (QED) is 0.763. The van der Waals surface area contributed by atoms with Crippen LogP contribution in [-0.4, -0.2) is 71.9 Å². The molecule has 0 spiro atoms. The Kier molecular flexibility index (Phi) is 4.65. The fraction of sp³-hybridized carbons (Fsp3) is 1.00. The molecule has 2 aliphatic carbocycles. The summed E-state index contributed by atoms with van der Waals surface area (Å²) >= 11 is 0. The first kappa shape index (κ1) is 14.8. The maximum absolute atomic E-state index is 9.83. The van der Waals surface area contributed by atoms with Crippen molar-refractivity contribution in [2.24, 2.45) is 0 Å². The maximum Gasteiger partial charge on any atom is 0.0614 e. The molecule has 3 fully saturated rings. The molecule has 2 atom stereocenters. The zero-order valence-corrected chi connectivity index (χ0v) is 13.0. The Labute approximate surface area is 123 Å². The van der Waals surface area contributed by atoms with Crippen LogP contribution in [-0.2, 0) is 0 Å². The number of aliphatic hydroxyl groups excluding tert-OH is 1. The molecule has 1 heterocycles. The Morgan fingerprint density at radius 2 is 1.90 bits per heavy atom. The minimum absolute atomic E-state index is 0.0341. The van der Waals surface area contributed by atoms with Gasteiger partial charge in [-0.2, -0.15) is 0 Å². The van der Waals surface area contributed by atoms with Crippen molar-refractivity contribution < 1.29 is 5.11 Å². The molecule has 3 aliphatic rings. The van der Waals surface area contributed by atoms with Crippen molar-refractivity contribution in [3.63, 3.8) is 0 Å². The molecule has 1 aliphatic heterocycles. The first-order valence-electron chi connectivity index (χ1n) is 8.60. The van der Waals surface area contributed by atoms with Crippen molar-refractivity contribution in [3.8, 4) is 0 Å². The molecule has 0 aromatic rings. The second-order valence-corrected chi connectivity index (χ2v) is 7.13. The summed E-state index contributed by atoms with van der Waals surface area (Å²) in [6.07, 6.45) is 7.44. The van der Waals surface area contributed by atoms with Crippen molar-refractivity contribution in [1.82, 2.24) is 15.1 Å². The molecule has 4 nitrogen and oxygen atoms in total. The first-order chi connectivity index (χ1) is 9.74. The van der Waals surface area contributed by atoms with Crippen LogP contribution in [0.2, 0.25) is 0 Å².